The Labute approximate surface area is 127 Å². The molecular weight excluding hydrogens is 332 g/mol. The van der Waals surface area contributed by atoms with E-state index in [4.69, 9.17) is 4.74 Å². The molecule has 1 aliphatic heterocycles. The van der Waals surface area contributed by atoms with Crippen LogP contribution in [0.5, 0.6) is 5.75 Å². The molecule has 1 aromatic carbocycles. The third-order valence-electron chi connectivity index (χ3n) is 3.09. The molecular formula is C13H18BrClN2O2. The van der Waals surface area contributed by atoms with E-state index in [1.54, 1.807) is 7.11 Å². The van der Waals surface area contributed by atoms with E-state index in [1.807, 2.05) is 18.2 Å². The highest BCUT2D eigenvalue weighted by atomic mass is 79.9. The third-order valence-corrected chi connectivity index (χ3v) is 3.58. The first-order chi connectivity index (χ1) is 8.70. The van der Waals surface area contributed by atoms with Crippen molar-refractivity contribution in [1.82, 2.24) is 5.32 Å². The summed E-state index contributed by atoms with van der Waals surface area (Å²) in [6.45, 7) is 1.76. The van der Waals surface area contributed by atoms with Crippen LogP contribution in [-0.4, -0.2) is 26.1 Å². The van der Waals surface area contributed by atoms with Crippen molar-refractivity contribution in [2.24, 2.45) is 5.92 Å². The Bertz CT molecular complexity index is 437. The molecule has 0 saturated carbocycles. The number of hydrogen-bond acceptors (Lipinski definition) is 3. The van der Waals surface area contributed by atoms with Crippen molar-refractivity contribution < 1.29 is 9.53 Å². The Hall–Kier alpha value is -0.780. The number of halogens is 2. The number of carbonyl (C=O) groups is 1. The number of benzene rings is 1. The lowest BCUT2D eigenvalue weighted by Crippen LogP contribution is -2.37. The summed E-state index contributed by atoms with van der Waals surface area (Å²) in [5, 5.41) is 6.18. The number of rotatable bonds is 3. The van der Waals surface area contributed by atoms with Crippen molar-refractivity contribution >= 4 is 39.9 Å². The smallest absolute Gasteiger partial charge is 0.228 e. The van der Waals surface area contributed by atoms with Crippen LogP contribution in [0.1, 0.15) is 12.8 Å². The average Bonchev–Trinajstić information content (AvgIpc) is 2.40. The number of ether oxygens (including phenoxy) is 1. The molecule has 0 aromatic heterocycles. The zero-order chi connectivity index (χ0) is 13.0. The Balaban J connectivity index is 0.00000180. The predicted octanol–water partition coefficient (Wildman–Crippen LogP) is 2.82. The molecule has 2 N–H and O–H groups in total. The summed E-state index contributed by atoms with van der Waals surface area (Å²) >= 11 is 3.39. The molecule has 0 spiro atoms. The molecule has 1 aromatic rings. The molecule has 4 nitrogen and oxygen atoms in total. The number of carbonyl (C=O) groups excluding carboxylic acids is 1. The van der Waals surface area contributed by atoms with E-state index in [-0.39, 0.29) is 24.2 Å². The second-order valence-corrected chi connectivity index (χ2v) is 5.29. The zero-order valence-corrected chi connectivity index (χ0v) is 13.1. The van der Waals surface area contributed by atoms with Gasteiger partial charge in [0.1, 0.15) is 5.75 Å². The molecule has 0 bridgehead atoms. The molecule has 1 saturated heterocycles. The fraction of sp³-hybridized carbons (Fsp3) is 0.462. The fourth-order valence-electron chi connectivity index (χ4n) is 2.09. The quantitative estimate of drug-likeness (QED) is 0.882. The lowest BCUT2D eigenvalue weighted by atomic mass is 9.99. The van der Waals surface area contributed by atoms with Gasteiger partial charge >= 0.3 is 0 Å². The van der Waals surface area contributed by atoms with Gasteiger partial charge in [0.15, 0.2) is 0 Å². The van der Waals surface area contributed by atoms with E-state index in [0.29, 0.717) is 11.4 Å². The number of amides is 1. The maximum atomic E-state index is 12.1. The van der Waals surface area contributed by atoms with Gasteiger partial charge in [-0.15, -0.1) is 12.4 Å². The third kappa shape index (κ3) is 4.37. The molecule has 2 rings (SSSR count). The van der Waals surface area contributed by atoms with Gasteiger partial charge < -0.3 is 15.4 Å². The SMILES string of the molecule is COc1ccc(Br)cc1NC(=O)[C@@H]1CCCNC1.Cl. The van der Waals surface area contributed by atoms with E-state index in [0.717, 1.165) is 30.4 Å². The van der Waals surface area contributed by atoms with Crippen LogP contribution in [0.3, 0.4) is 0 Å². The van der Waals surface area contributed by atoms with Crippen molar-refractivity contribution in [3.8, 4) is 5.75 Å². The van der Waals surface area contributed by atoms with Gasteiger partial charge in [-0.05, 0) is 37.6 Å². The van der Waals surface area contributed by atoms with Crippen LogP contribution in [0.2, 0.25) is 0 Å². The fourth-order valence-corrected chi connectivity index (χ4v) is 2.45. The average molecular weight is 350 g/mol. The largest absolute Gasteiger partial charge is 0.495 e. The highest BCUT2D eigenvalue weighted by Crippen LogP contribution is 2.28. The minimum absolute atomic E-state index is 0. The molecule has 0 unspecified atom stereocenters. The Kier molecular flexibility index (Phi) is 6.62. The van der Waals surface area contributed by atoms with Crippen molar-refractivity contribution in [3.05, 3.63) is 22.7 Å². The summed E-state index contributed by atoms with van der Waals surface area (Å²) in [6, 6.07) is 5.57. The number of hydrogen-bond donors (Lipinski definition) is 2. The lowest BCUT2D eigenvalue weighted by molar-refractivity contribution is -0.120. The normalized spacial score (nSPS) is 18.3. The molecule has 0 aliphatic carbocycles. The standard InChI is InChI=1S/C13H17BrN2O2.ClH/c1-18-12-5-4-10(14)7-11(12)16-13(17)9-3-2-6-15-8-9;/h4-5,7,9,15H,2-3,6,8H2,1H3,(H,16,17);1H/t9-;/m1./s1. The van der Waals surface area contributed by atoms with Crippen molar-refractivity contribution in [1.29, 1.82) is 0 Å². The van der Waals surface area contributed by atoms with Crippen LogP contribution >= 0.6 is 28.3 Å². The maximum absolute atomic E-state index is 12.1. The van der Waals surface area contributed by atoms with Crippen LogP contribution in [0.25, 0.3) is 0 Å². The summed E-state index contributed by atoms with van der Waals surface area (Å²) in [6.07, 6.45) is 1.99. The van der Waals surface area contributed by atoms with Gasteiger partial charge in [-0.2, -0.15) is 0 Å². The van der Waals surface area contributed by atoms with Gasteiger partial charge in [-0.1, -0.05) is 15.9 Å². The van der Waals surface area contributed by atoms with Crippen LogP contribution in [0.15, 0.2) is 22.7 Å². The molecule has 1 amide bonds. The summed E-state index contributed by atoms with van der Waals surface area (Å²) in [4.78, 5) is 12.1. The molecule has 1 aliphatic rings. The topological polar surface area (TPSA) is 50.4 Å². The van der Waals surface area contributed by atoms with E-state index < -0.39 is 0 Å². The van der Waals surface area contributed by atoms with Crippen LogP contribution in [0.4, 0.5) is 5.69 Å². The number of anilines is 1. The Morgan fingerprint density at radius 2 is 2.32 bits per heavy atom. The van der Waals surface area contributed by atoms with E-state index in [9.17, 15) is 4.79 Å². The van der Waals surface area contributed by atoms with Crippen molar-refractivity contribution in [2.45, 2.75) is 12.8 Å². The predicted molar refractivity (Wildman–Crippen MR) is 82.2 cm³/mol. The second-order valence-electron chi connectivity index (χ2n) is 4.38. The first-order valence-corrected chi connectivity index (χ1v) is 6.85. The zero-order valence-electron chi connectivity index (χ0n) is 10.7. The van der Waals surface area contributed by atoms with Gasteiger partial charge in [-0.3, -0.25) is 4.79 Å². The molecule has 1 fully saturated rings. The van der Waals surface area contributed by atoms with Gasteiger partial charge in [0.05, 0.1) is 18.7 Å². The number of piperidine rings is 1. The Morgan fingerprint density at radius 3 is 2.95 bits per heavy atom. The molecule has 1 heterocycles. The molecule has 106 valence electrons. The van der Waals surface area contributed by atoms with E-state index in [2.05, 4.69) is 26.6 Å². The monoisotopic (exact) mass is 348 g/mol. The Morgan fingerprint density at radius 1 is 1.53 bits per heavy atom. The summed E-state index contributed by atoms with van der Waals surface area (Å²) < 4.78 is 6.15. The van der Waals surface area contributed by atoms with Crippen LogP contribution in [-0.2, 0) is 4.79 Å². The van der Waals surface area contributed by atoms with Gasteiger partial charge in [-0.25, -0.2) is 0 Å². The lowest BCUT2D eigenvalue weighted by Gasteiger charge is -2.22. The first kappa shape index (κ1) is 16.3. The number of methoxy groups -OCH3 is 1. The maximum Gasteiger partial charge on any atom is 0.228 e. The van der Waals surface area contributed by atoms with Crippen LogP contribution in [0, 0.1) is 5.92 Å². The van der Waals surface area contributed by atoms with E-state index in [1.165, 1.54) is 0 Å². The van der Waals surface area contributed by atoms with Crippen molar-refractivity contribution in [3.63, 3.8) is 0 Å². The van der Waals surface area contributed by atoms with Gasteiger partial charge in [0.2, 0.25) is 5.91 Å². The molecule has 6 heteroatoms. The molecule has 0 radical (unpaired) electrons. The summed E-state index contributed by atoms with van der Waals surface area (Å²) in [7, 11) is 1.60. The summed E-state index contributed by atoms with van der Waals surface area (Å²) in [5.74, 6) is 0.774. The molecule has 19 heavy (non-hydrogen) atoms. The minimum Gasteiger partial charge on any atom is -0.495 e. The second kappa shape index (κ2) is 7.72. The van der Waals surface area contributed by atoms with Crippen molar-refractivity contribution in [2.75, 3.05) is 25.5 Å². The first-order valence-electron chi connectivity index (χ1n) is 6.06. The van der Waals surface area contributed by atoms with Gasteiger partial charge in [0, 0.05) is 11.0 Å². The minimum atomic E-state index is 0. The summed E-state index contributed by atoms with van der Waals surface area (Å²) in [5.41, 5.74) is 0.711. The van der Waals surface area contributed by atoms with E-state index >= 15 is 0 Å². The van der Waals surface area contributed by atoms with Crippen LogP contribution < -0.4 is 15.4 Å². The molecule has 1 atom stereocenters. The highest BCUT2D eigenvalue weighted by Gasteiger charge is 2.21. The highest BCUT2D eigenvalue weighted by molar-refractivity contribution is 9.10. The van der Waals surface area contributed by atoms with Gasteiger partial charge in [0.25, 0.3) is 0 Å². The number of nitrogens with one attached hydrogen (secondary N) is 2.